The lowest BCUT2D eigenvalue weighted by atomic mass is 10.2. The zero-order chi connectivity index (χ0) is 11.0. The Morgan fingerprint density at radius 2 is 2.27 bits per heavy atom. The number of hydrogen-bond donors (Lipinski definition) is 1. The van der Waals surface area contributed by atoms with E-state index in [0.29, 0.717) is 15.9 Å². The maximum absolute atomic E-state index is 9.68. The normalized spacial score (nSPS) is 13.3. The van der Waals surface area contributed by atoms with E-state index in [1.54, 1.807) is 10.8 Å². The summed E-state index contributed by atoms with van der Waals surface area (Å²) in [6, 6.07) is 0.121. The number of hydrogen-bond acceptors (Lipinski definition) is 4. The smallest absolute Gasteiger partial charge is 0.297 e. The molecule has 15 heavy (non-hydrogen) atoms. The molecular formula is C9H11BrN4O. The summed E-state index contributed by atoms with van der Waals surface area (Å²) in [6.07, 6.45) is 2.46. The van der Waals surface area contributed by atoms with Gasteiger partial charge in [-0.3, -0.25) is 4.57 Å². The Kier molecular flexibility index (Phi) is 2.60. The van der Waals surface area contributed by atoms with Crippen LogP contribution in [0.1, 0.15) is 26.3 Å². The van der Waals surface area contributed by atoms with Crippen LogP contribution in [0.2, 0.25) is 0 Å². The van der Waals surface area contributed by atoms with Crippen molar-refractivity contribution in [2.24, 2.45) is 0 Å². The lowest BCUT2D eigenvalue weighted by Crippen LogP contribution is -2.04. The first-order valence-electron chi connectivity index (χ1n) is 4.73. The summed E-state index contributed by atoms with van der Waals surface area (Å²) in [4.78, 5) is 12.3. The van der Waals surface area contributed by atoms with Crippen LogP contribution in [0, 0.1) is 0 Å². The maximum atomic E-state index is 9.68. The molecule has 1 unspecified atom stereocenters. The van der Waals surface area contributed by atoms with Gasteiger partial charge in [-0.05, 0) is 29.3 Å². The van der Waals surface area contributed by atoms with E-state index in [-0.39, 0.29) is 12.1 Å². The van der Waals surface area contributed by atoms with Gasteiger partial charge in [-0.1, -0.05) is 6.92 Å². The summed E-state index contributed by atoms with van der Waals surface area (Å²) in [5, 5.41) is 9.68. The van der Waals surface area contributed by atoms with Crippen LogP contribution in [0.25, 0.3) is 11.3 Å². The second-order valence-electron chi connectivity index (χ2n) is 3.38. The monoisotopic (exact) mass is 270 g/mol. The third-order valence-electron chi connectivity index (χ3n) is 2.39. The van der Waals surface area contributed by atoms with Crippen molar-refractivity contribution in [2.75, 3.05) is 0 Å². The van der Waals surface area contributed by atoms with Crippen LogP contribution in [-0.4, -0.2) is 24.6 Å². The second-order valence-corrected chi connectivity index (χ2v) is 4.19. The SMILES string of the molecule is CCC(C)n1c(O)nc2ncc(Br)nc21. The summed E-state index contributed by atoms with van der Waals surface area (Å²) >= 11 is 3.25. The quantitative estimate of drug-likeness (QED) is 0.910. The molecule has 1 atom stereocenters. The highest BCUT2D eigenvalue weighted by atomic mass is 79.9. The number of aromatic nitrogens is 4. The van der Waals surface area contributed by atoms with E-state index in [4.69, 9.17) is 0 Å². The molecule has 80 valence electrons. The molecule has 5 nitrogen and oxygen atoms in total. The average Bonchev–Trinajstić information content (AvgIpc) is 2.52. The molecule has 0 saturated carbocycles. The van der Waals surface area contributed by atoms with E-state index in [0.717, 1.165) is 6.42 Å². The Bertz CT molecular complexity index is 496. The van der Waals surface area contributed by atoms with Crippen molar-refractivity contribution in [2.45, 2.75) is 26.3 Å². The predicted molar refractivity (Wildman–Crippen MR) is 59.7 cm³/mol. The van der Waals surface area contributed by atoms with Crippen LogP contribution in [0.15, 0.2) is 10.8 Å². The number of rotatable bonds is 2. The van der Waals surface area contributed by atoms with E-state index in [1.165, 1.54) is 0 Å². The van der Waals surface area contributed by atoms with Crippen LogP contribution in [0.3, 0.4) is 0 Å². The minimum absolute atomic E-state index is 0.0301. The molecule has 0 amide bonds. The van der Waals surface area contributed by atoms with Crippen molar-refractivity contribution >= 4 is 27.2 Å². The highest BCUT2D eigenvalue weighted by Crippen LogP contribution is 2.24. The fourth-order valence-corrected chi connectivity index (χ4v) is 1.69. The van der Waals surface area contributed by atoms with Crippen molar-refractivity contribution < 1.29 is 5.11 Å². The molecule has 0 saturated heterocycles. The molecular weight excluding hydrogens is 260 g/mol. The molecule has 0 aliphatic rings. The van der Waals surface area contributed by atoms with Gasteiger partial charge in [0.25, 0.3) is 6.01 Å². The molecule has 0 aliphatic carbocycles. The summed E-state index contributed by atoms with van der Waals surface area (Å²) in [6.45, 7) is 4.05. The van der Waals surface area contributed by atoms with Crippen molar-refractivity contribution in [1.29, 1.82) is 0 Å². The zero-order valence-electron chi connectivity index (χ0n) is 8.48. The van der Waals surface area contributed by atoms with Crippen molar-refractivity contribution in [1.82, 2.24) is 19.5 Å². The highest BCUT2D eigenvalue weighted by Gasteiger charge is 2.16. The first-order valence-corrected chi connectivity index (χ1v) is 5.52. The number of fused-ring (bicyclic) bond motifs is 1. The van der Waals surface area contributed by atoms with E-state index in [2.05, 4.69) is 30.9 Å². The van der Waals surface area contributed by atoms with Crippen LogP contribution in [0.4, 0.5) is 0 Å². The fourth-order valence-electron chi connectivity index (χ4n) is 1.42. The third kappa shape index (κ3) is 1.69. The van der Waals surface area contributed by atoms with Gasteiger partial charge in [-0.25, -0.2) is 9.97 Å². The highest BCUT2D eigenvalue weighted by molar-refractivity contribution is 9.10. The summed E-state index contributed by atoms with van der Waals surface area (Å²) < 4.78 is 2.33. The van der Waals surface area contributed by atoms with Gasteiger partial charge in [0.1, 0.15) is 4.60 Å². The van der Waals surface area contributed by atoms with Gasteiger partial charge in [0.05, 0.1) is 6.20 Å². The van der Waals surface area contributed by atoms with Gasteiger partial charge >= 0.3 is 0 Å². The largest absolute Gasteiger partial charge is 0.480 e. The first kappa shape index (κ1) is 10.4. The molecule has 2 aromatic heterocycles. The Balaban J connectivity index is 2.70. The zero-order valence-corrected chi connectivity index (χ0v) is 10.1. The van der Waals surface area contributed by atoms with E-state index < -0.39 is 0 Å². The number of nitrogens with zero attached hydrogens (tertiary/aromatic N) is 4. The average molecular weight is 271 g/mol. The van der Waals surface area contributed by atoms with Gasteiger partial charge in [0.2, 0.25) is 5.65 Å². The van der Waals surface area contributed by atoms with E-state index >= 15 is 0 Å². The molecule has 0 bridgehead atoms. The van der Waals surface area contributed by atoms with Gasteiger partial charge in [-0.15, -0.1) is 0 Å². The Morgan fingerprint density at radius 3 is 2.93 bits per heavy atom. The van der Waals surface area contributed by atoms with Crippen molar-refractivity contribution in [3.63, 3.8) is 0 Å². The third-order valence-corrected chi connectivity index (χ3v) is 2.77. The Morgan fingerprint density at radius 1 is 1.53 bits per heavy atom. The Labute approximate surface area is 95.3 Å². The van der Waals surface area contributed by atoms with E-state index in [9.17, 15) is 5.11 Å². The number of halogens is 1. The van der Waals surface area contributed by atoms with Gasteiger partial charge in [0.15, 0.2) is 5.65 Å². The molecule has 1 N–H and O–H groups in total. The predicted octanol–water partition coefficient (Wildman–Crippen LogP) is 2.27. The Hall–Kier alpha value is -1.17. The van der Waals surface area contributed by atoms with Crippen LogP contribution in [0.5, 0.6) is 6.01 Å². The fraction of sp³-hybridized carbons (Fsp3) is 0.444. The molecule has 0 aromatic carbocycles. The topological polar surface area (TPSA) is 63.8 Å². The van der Waals surface area contributed by atoms with Gasteiger partial charge < -0.3 is 5.11 Å². The lowest BCUT2D eigenvalue weighted by molar-refractivity contribution is 0.376. The minimum atomic E-state index is -0.0301. The van der Waals surface area contributed by atoms with Crippen LogP contribution < -0.4 is 0 Å². The molecule has 2 aromatic rings. The molecule has 2 rings (SSSR count). The van der Waals surface area contributed by atoms with Crippen LogP contribution >= 0.6 is 15.9 Å². The van der Waals surface area contributed by atoms with Gasteiger partial charge in [-0.2, -0.15) is 4.98 Å². The minimum Gasteiger partial charge on any atom is -0.480 e. The van der Waals surface area contributed by atoms with Crippen molar-refractivity contribution in [3.05, 3.63) is 10.8 Å². The summed E-state index contributed by atoms with van der Waals surface area (Å²) in [7, 11) is 0. The summed E-state index contributed by atoms with van der Waals surface area (Å²) in [5.74, 6) is 0. The maximum Gasteiger partial charge on any atom is 0.297 e. The standard InChI is InChI=1S/C9H11BrN4O/c1-3-5(2)14-8-7(13-9(14)15)11-4-6(10)12-8/h4-5H,3H2,1-2H3,(H,11,13,15). The summed E-state index contributed by atoms with van der Waals surface area (Å²) in [5.41, 5.74) is 1.08. The first-order chi connectivity index (χ1) is 7.13. The number of aromatic hydroxyl groups is 1. The molecule has 0 aliphatic heterocycles. The molecule has 0 fully saturated rings. The van der Waals surface area contributed by atoms with Gasteiger partial charge in [0, 0.05) is 6.04 Å². The second kappa shape index (κ2) is 3.77. The molecule has 2 heterocycles. The molecule has 0 radical (unpaired) electrons. The lowest BCUT2D eigenvalue weighted by Gasteiger charge is -2.11. The molecule has 0 spiro atoms. The van der Waals surface area contributed by atoms with E-state index in [1.807, 2.05) is 13.8 Å². The van der Waals surface area contributed by atoms with Crippen molar-refractivity contribution in [3.8, 4) is 6.01 Å². The molecule has 6 heteroatoms. The number of imidazole rings is 1. The van der Waals surface area contributed by atoms with Crippen LogP contribution in [-0.2, 0) is 0 Å².